The largest absolute Gasteiger partial charge is 0.352 e. The molecule has 2 heterocycles. The smallest absolute Gasteiger partial charge is 0.202 e. The van der Waals surface area contributed by atoms with E-state index in [-0.39, 0.29) is 5.78 Å². The normalized spacial score (nSPS) is 10.2. The van der Waals surface area contributed by atoms with Gasteiger partial charge in [0.1, 0.15) is 5.69 Å². The van der Waals surface area contributed by atoms with Gasteiger partial charge in [0.2, 0.25) is 5.76 Å². The second-order valence-electron chi connectivity index (χ2n) is 2.61. The fraction of sp³-hybridized carbons (Fsp3) is 0.111. The van der Waals surface area contributed by atoms with Crippen LogP contribution in [-0.4, -0.2) is 10.9 Å². The highest BCUT2D eigenvalue weighted by Crippen LogP contribution is 2.23. The summed E-state index contributed by atoms with van der Waals surface area (Å²) in [6, 6.07) is 5.53. The van der Waals surface area contributed by atoms with Crippen LogP contribution in [0.1, 0.15) is 17.5 Å². The van der Waals surface area contributed by atoms with Crippen molar-refractivity contribution in [2.75, 3.05) is 0 Å². The molecule has 0 spiro atoms. The summed E-state index contributed by atoms with van der Waals surface area (Å²) in [6.07, 6.45) is 0. The van der Waals surface area contributed by atoms with E-state index in [1.807, 2.05) is 17.5 Å². The fourth-order valence-corrected chi connectivity index (χ4v) is 1.66. The minimum Gasteiger partial charge on any atom is -0.352 e. The maximum Gasteiger partial charge on any atom is 0.202 e. The van der Waals surface area contributed by atoms with E-state index in [9.17, 15) is 4.79 Å². The molecule has 0 aromatic carbocycles. The number of rotatable bonds is 2. The molecule has 0 aliphatic rings. The quantitative estimate of drug-likeness (QED) is 0.688. The van der Waals surface area contributed by atoms with Crippen LogP contribution in [0.3, 0.4) is 0 Å². The summed E-state index contributed by atoms with van der Waals surface area (Å²) in [7, 11) is 0. The Kier molecular flexibility index (Phi) is 1.98. The molecule has 13 heavy (non-hydrogen) atoms. The van der Waals surface area contributed by atoms with Crippen molar-refractivity contribution in [3.63, 3.8) is 0 Å². The number of ketones is 1. The maximum absolute atomic E-state index is 10.9. The van der Waals surface area contributed by atoms with Crippen LogP contribution in [0.15, 0.2) is 28.1 Å². The van der Waals surface area contributed by atoms with Gasteiger partial charge in [-0.3, -0.25) is 4.79 Å². The highest BCUT2D eigenvalue weighted by molar-refractivity contribution is 7.13. The van der Waals surface area contributed by atoms with E-state index in [1.165, 1.54) is 6.92 Å². The Balaban J connectivity index is 2.39. The average Bonchev–Trinajstić information content (AvgIpc) is 2.75. The number of hydrogen-bond donors (Lipinski definition) is 0. The first-order chi connectivity index (χ1) is 6.27. The lowest BCUT2D eigenvalue weighted by Gasteiger charge is -1.82. The van der Waals surface area contributed by atoms with Crippen molar-refractivity contribution in [3.05, 3.63) is 29.3 Å². The molecule has 2 rings (SSSR count). The van der Waals surface area contributed by atoms with Gasteiger partial charge in [-0.2, -0.15) is 0 Å². The first-order valence-electron chi connectivity index (χ1n) is 3.79. The van der Waals surface area contributed by atoms with Gasteiger partial charge in [-0.15, -0.1) is 11.3 Å². The third-order valence-electron chi connectivity index (χ3n) is 1.63. The number of Topliss-reactive ketones (excluding diaryl/α,β-unsaturated/α-hetero) is 1. The van der Waals surface area contributed by atoms with E-state index in [1.54, 1.807) is 17.4 Å². The number of thiophene rings is 1. The van der Waals surface area contributed by atoms with Crippen molar-refractivity contribution in [1.82, 2.24) is 5.16 Å². The summed E-state index contributed by atoms with van der Waals surface area (Å²) in [6.45, 7) is 1.46. The lowest BCUT2D eigenvalue weighted by molar-refractivity contribution is 0.0978. The molecule has 0 atom stereocenters. The van der Waals surface area contributed by atoms with Crippen molar-refractivity contribution in [3.8, 4) is 10.6 Å². The van der Waals surface area contributed by atoms with Gasteiger partial charge in [0.05, 0.1) is 4.88 Å². The first kappa shape index (κ1) is 8.19. The third kappa shape index (κ3) is 1.53. The molecule has 0 radical (unpaired) electrons. The molecule has 0 N–H and O–H groups in total. The number of aromatic nitrogens is 1. The van der Waals surface area contributed by atoms with Gasteiger partial charge in [-0.25, -0.2) is 0 Å². The summed E-state index contributed by atoms with van der Waals surface area (Å²) >= 11 is 1.57. The first-order valence-corrected chi connectivity index (χ1v) is 4.67. The predicted molar refractivity (Wildman–Crippen MR) is 49.8 cm³/mol. The van der Waals surface area contributed by atoms with Crippen LogP contribution in [0.25, 0.3) is 10.6 Å². The van der Waals surface area contributed by atoms with Crippen LogP contribution in [0.2, 0.25) is 0 Å². The second kappa shape index (κ2) is 3.14. The number of nitrogens with zero attached hydrogens (tertiary/aromatic N) is 1. The molecule has 66 valence electrons. The minimum absolute atomic E-state index is 0.102. The Bertz CT molecular complexity index is 417. The van der Waals surface area contributed by atoms with Crippen molar-refractivity contribution in [2.45, 2.75) is 6.92 Å². The Morgan fingerprint density at radius 2 is 2.46 bits per heavy atom. The fourth-order valence-electron chi connectivity index (χ4n) is 0.982. The van der Waals surface area contributed by atoms with Crippen LogP contribution >= 0.6 is 11.3 Å². The molecule has 0 saturated heterocycles. The van der Waals surface area contributed by atoms with Crippen molar-refractivity contribution in [2.24, 2.45) is 0 Å². The summed E-state index contributed by atoms with van der Waals surface area (Å²) in [5, 5.41) is 5.75. The zero-order valence-electron chi connectivity index (χ0n) is 6.98. The summed E-state index contributed by atoms with van der Waals surface area (Å²) in [5.74, 6) is 0.207. The van der Waals surface area contributed by atoms with Gasteiger partial charge in [-0.1, -0.05) is 11.2 Å². The average molecular weight is 193 g/mol. The van der Waals surface area contributed by atoms with Crippen molar-refractivity contribution < 1.29 is 9.32 Å². The summed E-state index contributed by atoms with van der Waals surface area (Å²) in [4.78, 5) is 11.9. The lowest BCUT2D eigenvalue weighted by atomic mass is 10.3. The number of hydrogen-bond acceptors (Lipinski definition) is 4. The SMILES string of the molecule is CC(=O)c1cc(-c2cccs2)no1. The molecule has 4 heteroatoms. The Labute approximate surface area is 79.0 Å². The summed E-state index contributed by atoms with van der Waals surface area (Å²) < 4.78 is 4.86. The second-order valence-corrected chi connectivity index (χ2v) is 3.56. The molecular weight excluding hydrogens is 186 g/mol. The molecule has 0 aliphatic carbocycles. The molecule has 0 aliphatic heterocycles. The van der Waals surface area contributed by atoms with Gasteiger partial charge in [0.15, 0.2) is 5.78 Å². The number of carbonyl (C=O) groups excluding carboxylic acids is 1. The van der Waals surface area contributed by atoms with Crippen LogP contribution in [0.5, 0.6) is 0 Å². The molecule has 0 amide bonds. The highest BCUT2D eigenvalue weighted by Gasteiger charge is 2.09. The van der Waals surface area contributed by atoms with Crippen LogP contribution in [-0.2, 0) is 0 Å². The van der Waals surface area contributed by atoms with E-state index >= 15 is 0 Å². The topological polar surface area (TPSA) is 43.1 Å². The van der Waals surface area contributed by atoms with Gasteiger partial charge in [-0.05, 0) is 11.4 Å². The van der Waals surface area contributed by atoms with Crippen LogP contribution in [0, 0.1) is 0 Å². The summed E-state index contributed by atoms with van der Waals surface area (Å²) in [5.41, 5.74) is 0.722. The number of carbonyl (C=O) groups is 1. The minimum atomic E-state index is -0.102. The third-order valence-corrected chi connectivity index (χ3v) is 2.52. The Morgan fingerprint density at radius 1 is 1.62 bits per heavy atom. The van der Waals surface area contributed by atoms with E-state index in [4.69, 9.17) is 4.52 Å². The molecule has 0 fully saturated rings. The van der Waals surface area contributed by atoms with E-state index in [2.05, 4.69) is 5.16 Å². The molecule has 0 saturated carbocycles. The van der Waals surface area contributed by atoms with Crippen molar-refractivity contribution in [1.29, 1.82) is 0 Å². The van der Waals surface area contributed by atoms with Gasteiger partial charge in [0, 0.05) is 13.0 Å². The van der Waals surface area contributed by atoms with Gasteiger partial charge >= 0.3 is 0 Å². The van der Waals surface area contributed by atoms with E-state index in [0.717, 1.165) is 10.6 Å². The molecule has 2 aromatic heterocycles. The zero-order chi connectivity index (χ0) is 9.26. The molecule has 2 aromatic rings. The maximum atomic E-state index is 10.9. The van der Waals surface area contributed by atoms with E-state index < -0.39 is 0 Å². The molecule has 0 bridgehead atoms. The van der Waals surface area contributed by atoms with Gasteiger partial charge in [0.25, 0.3) is 0 Å². The Hall–Kier alpha value is -1.42. The van der Waals surface area contributed by atoms with Crippen LogP contribution in [0.4, 0.5) is 0 Å². The standard InChI is InChI=1S/C9H7NO2S/c1-6(11)8-5-7(10-12-8)9-3-2-4-13-9/h2-5H,1H3. The monoisotopic (exact) mass is 193 g/mol. The molecule has 0 unspecified atom stereocenters. The highest BCUT2D eigenvalue weighted by atomic mass is 32.1. The van der Waals surface area contributed by atoms with E-state index in [0.29, 0.717) is 5.76 Å². The molecule has 3 nitrogen and oxygen atoms in total. The van der Waals surface area contributed by atoms with Crippen LogP contribution < -0.4 is 0 Å². The van der Waals surface area contributed by atoms with Crippen molar-refractivity contribution >= 4 is 17.1 Å². The molecular formula is C9H7NO2S. The Morgan fingerprint density at radius 3 is 3.00 bits per heavy atom. The predicted octanol–water partition coefficient (Wildman–Crippen LogP) is 2.61. The van der Waals surface area contributed by atoms with Gasteiger partial charge < -0.3 is 4.52 Å². The zero-order valence-corrected chi connectivity index (χ0v) is 7.80. The lowest BCUT2D eigenvalue weighted by Crippen LogP contribution is -1.85.